The maximum Gasteiger partial charge on any atom is 0.332 e. The Morgan fingerprint density at radius 3 is 2.75 bits per heavy atom. The van der Waals surface area contributed by atoms with Crippen LogP contribution >= 0.6 is 22.9 Å². The van der Waals surface area contributed by atoms with E-state index >= 15 is 0 Å². The number of nitrogens with one attached hydrogen (secondary N) is 1. The Bertz CT molecular complexity index is 1180. The van der Waals surface area contributed by atoms with Crippen molar-refractivity contribution in [3.05, 3.63) is 50.1 Å². The highest BCUT2D eigenvalue weighted by Gasteiger charge is 2.22. The SMILES string of the molecule is Cn1c(=O)c2sc(N3CCCC3)nc2n(CC(=O)Nc2cccc(Cl)c2)c1=O. The third-order valence-electron chi connectivity index (χ3n) is 4.66. The van der Waals surface area contributed by atoms with Gasteiger partial charge in [-0.05, 0) is 31.0 Å². The van der Waals surface area contributed by atoms with Crippen LogP contribution < -0.4 is 21.5 Å². The van der Waals surface area contributed by atoms with Gasteiger partial charge < -0.3 is 10.2 Å². The van der Waals surface area contributed by atoms with Crippen molar-refractivity contribution in [2.24, 2.45) is 7.05 Å². The van der Waals surface area contributed by atoms with E-state index in [1.807, 2.05) is 0 Å². The number of rotatable bonds is 4. The molecule has 0 atom stereocenters. The zero-order chi connectivity index (χ0) is 19.8. The lowest BCUT2D eigenvalue weighted by Gasteiger charge is -2.12. The normalized spacial score (nSPS) is 14.0. The fourth-order valence-corrected chi connectivity index (χ4v) is 4.52. The van der Waals surface area contributed by atoms with Gasteiger partial charge in [-0.25, -0.2) is 9.78 Å². The lowest BCUT2D eigenvalue weighted by atomic mass is 10.3. The molecule has 1 saturated heterocycles. The molecule has 0 radical (unpaired) electrons. The number of halogens is 1. The van der Waals surface area contributed by atoms with Gasteiger partial charge in [-0.15, -0.1) is 0 Å². The summed E-state index contributed by atoms with van der Waals surface area (Å²) in [6.45, 7) is 1.50. The van der Waals surface area contributed by atoms with Crippen LogP contribution in [0.25, 0.3) is 10.3 Å². The first-order valence-electron chi connectivity index (χ1n) is 8.85. The Hall–Kier alpha value is -2.65. The molecule has 0 bridgehead atoms. The summed E-state index contributed by atoms with van der Waals surface area (Å²) in [5.41, 5.74) is -0.185. The van der Waals surface area contributed by atoms with E-state index in [4.69, 9.17) is 11.6 Å². The molecule has 3 heterocycles. The minimum atomic E-state index is -0.572. The average molecular weight is 420 g/mol. The number of hydrogen-bond donors (Lipinski definition) is 1. The Labute approximate surface area is 169 Å². The van der Waals surface area contributed by atoms with Crippen molar-refractivity contribution in [1.29, 1.82) is 0 Å². The number of thiazole rings is 1. The van der Waals surface area contributed by atoms with Crippen LogP contribution in [-0.4, -0.2) is 33.1 Å². The number of aromatic nitrogens is 3. The van der Waals surface area contributed by atoms with Crippen LogP contribution in [0.3, 0.4) is 0 Å². The Morgan fingerprint density at radius 1 is 1.29 bits per heavy atom. The van der Waals surface area contributed by atoms with E-state index in [0.717, 1.165) is 30.5 Å². The van der Waals surface area contributed by atoms with Gasteiger partial charge in [0.15, 0.2) is 10.8 Å². The third-order valence-corrected chi connectivity index (χ3v) is 5.99. The molecule has 0 saturated carbocycles. The van der Waals surface area contributed by atoms with Crippen LogP contribution in [-0.2, 0) is 18.4 Å². The zero-order valence-electron chi connectivity index (χ0n) is 15.1. The van der Waals surface area contributed by atoms with Gasteiger partial charge in [-0.1, -0.05) is 29.0 Å². The molecule has 0 aliphatic carbocycles. The highest BCUT2D eigenvalue weighted by atomic mass is 35.5. The minimum absolute atomic E-state index is 0.251. The molecule has 1 amide bonds. The molecule has 1 N–H and O–H groups in total. The standard InChI is InChI=1S/C18H18ClN5O3S/c1-22-16(26)14-15(21-17(28-14)23-7-2-3-8-23)24(18(22)27)10-13(25)20-12-6-4-5-11(19)9-12/h4-6,9H,2-3,7-8,10H2,1H3,(H,20,25). The number of fused-ring (bicyclic) bond motifs is 1. The van der Waals surface area contributed by atoms with Gasteiger partial charge in [0.1, 0.15) is 11.2 Å². The molecule has 146 valence electrons. The van der Waals surface area contributed by atoms with Gasteiger partial charge in [-0.3, -0.25) is 18.7 Å². The number of amides is 1. The fourth-order valence-electron chi connectivity index (χ4n) is 3.23. The van der Waals surface area contributed by atoms with E-state index in [0.29, 0.717) is 20.5 Å². The predicted octanol–water partition coefficient (Wildman–Crippen LogP) is 2.05. The maximum atomic E-state index is 12.7. The van der Waals surface area contributed by atoms with Crippen molar-refractivity contribution in [1.82, 2.24) is 14.1 Å². The van der Waals surface area contributed by atoms with Gasteiger partial charge in [0.05, 0.1) is 0 Å². The van der Waals surface area contributed by atoms with Crippen molar-refractivity contribution in [3.8, 4) is 0 Å². The quantitative estimate of drug-likeness (QED) is 0.699. The first kappa shape index (κ1) is 18.7. The number of hydrogen-bond acceptors (Lipinski definition) is 6. The molecule has 10 heteroatoms. The highest BCUT2D eigenvalue weighted by Crippen LogP contribution is 2.28. The Kier molecular flexibility index (Phi) is 4.94. The number of carbonyl (C=O) groups is 1. The summed E-state index contributed by atoms with van der Waals surface area (Å²) in [5.74, 6) is -0.403. The summed E-state index contributed by atoms with van der Waals surface area (Å²) in [4.78, 5) is 44.3. The van der Waals surface area contributed by atoms with E-state index in [1.165, 1.54) is 23.0 Å². The van der Waals surface area contributed by atoms with Gasteiger partial charge in [0.25, 0.3) is 5.56 Å². The van der Waals surface area contributed by atoms with Crippen molar-refractivity contribution < 1.29 is 4.79 Å². The van der Waals surface area contributed by atoms with Gasteiger partial charge in [0.2, 0.25) is 5.91 Å². The van der Waals surface area contributed by atoms with Crippen molar-refractivity contribution >= 4 is 50.0 Å². The predicted molar refractivity (Wildman–Crippen MR) is 111 cm³/mol. The first-order chi connectivity index (χ1) is 13.4. The highest BCUT2D eigenvalue weighted by molar-refractivity contribution is 7.22. The molecule has 0 unspecified atom stereocenters. The van der Waals surface area contributed by atoms with Crippen LogP contribution in [0.2, 0.25) is 5.02 Å². The van der Waals surface area contributed by atoms with E-state index in [1.54, 1.807) is 24.3 Å². The average Bonchev–Trinajstić information content (AvgIpc) is 3.33. The van der Waals surface area contributed by atoms with Crippen LogP contribution in [0, 0.1) is 0 Å². The summed E-state index contributed by atoms with van der Waals surface area (Å²) in [6.07, 6.45) is 2.14. The van der Waals surface area contributed by atoms with Crippen LogP contribution in [0.1, 0.15) is 12.8 Å². The maximum absolute atomic E-state index is 12.7. The second-order valence-electron chi connectivity index (χ2n) is 6.63. The second-order valence-corrected chi connectivity index (χ2v) is 8.05. The third kappa shape index (κ3) is 3.43. The fraction of sp³-hybridized carbons (Fsp3) is 0.333. The molecule has 1 fully saturated rings. The number of benzene rings is 1. The van der Waals surface area contributed by atoms with Crippen LogP contribution in [0.5, 0.6) is 0 Å². The molecular weight excluding hydrogens is 402 g/mol. The van der Waals surface area contributed by atoms with E-state index in [9.17, 15) is 14.4 Å². The van der Waals surface area contributed by atoms with Gasteiger partial charge in [-0.2, -0.15) is 0 Å². The minimum Gasteiger partial charge on any atom is -0.348 e. The molecule has 3 aromatic rings. The van der Waals surface area contributed by atoms with E-state index in [2.05, 4.69) is 15.2 Å². The summed E-state index contributed by atoms with van der Waals surface area (Å²) in [7, 11) is 1.41. The zero-order valence-corrected chi connectivity index (χ0v) is 16.7. The van der Waals surface area contributed by atoms with E-state index in [-0.39, 0.29) is 12.2 Å². The Balaban J connectivity index is 1.72. The molecular formula is C18H18ClN5O3S. The molecule has 28 heavy (non-hydrogen) atoms. The lowest BCUT2D eigenvalue weighted by molar-refractivity contribution is -0.116. The molecule has 8 nitrogen and oxygen atoms in total. The summed E-state index contributed by atoms with van der Waals surface area (Å²) >= 11 is 7.20. The number of carbonyl (C=O) groups excluding carboxylic acids is 1. The molecule has 2 aromatic heterocycles. The van der Waals surface area contributed by atoms with Crippen LogP contribution in [0.15, 0.2) is 33.9 Å². The molecule has 0 spiro atoms. The smallest absolute Gasteiger partial charge is 0.332 e. The molecule has 1 aliphatic heterocycles. The van der Waals surface area contributed by atoms with Crippen molar-refractivity contribution in [2.75, 3.05) is 23.3 Å². The van der Waals surface area contributed by atoms with Crippen molar-refractivity contribution in [3.63, 3.8) is 0 Å². The monoisotopic (exact) mass is 419 g/mol. The summed E-state index contributed by atoms with van der Waals surface area (Å²) in [6, 6.07) is 6.74. The summed E-state index contributed by atoms with van der Waals surface area (Å²) in [5, 5.41) is 3.92. The number of nitrogens with zero attached hydrogens (tertiary/aromatic N) is 4. The van der Waals surface area contributed by atoms with Gasteiger partial charge in [0, 0.05) is 30.8 Å². The number of anilines is 2. The molecule has 4 rings (SSSR count). The second kappa shape index (κ2) is 7.40. The van der Waals surface area contributed by atoms with Crippen molar-refractivity contribution in [2.45, 2.75) is 19.4 Å². The lowest BCUT2D eigenvalue weighted by Crippen LogP contribution is -2.39. The summed E-state index contributed by atoms with van der Waals surface area (Å²) < 4.78 is 2.63. The largest absolute Gasteiger partial charge is 0.348 e. The van der Waals surface area contributed by atoms with Gasteiger partial charge >= 0.3 is 5.69 Å². The topological polar surface area (TPSA) is 89.2 Å². The first-order valence-corrected chi connectivity index (χ1v) is 10.0. The van der Waals surface area contributed by atoms with E-state index < -0.39 is 17.2 Å². The Morgan fingerprint density at radius 2 is 2.04 bits per heavy atom. The van der Waals surface area contributed by atoms with Crippen LogP contribution in [0.4, 0.5) is 10.8 Å². The molecule has 1 aliphatic rings. The molecule has 1 aromatic carbocycles.